The van der Waals surface area contributed by atoms with Crippen molar-refractivity contribution in [1.82, 2.24) is 9.97 Å². The van der Waals surface area contributed by atoms with E-state index in [1.807, 2.05) is 30.3 Å². The van der Waals surface area contributed by atoms with Crippen LogP contribution >= 0.6 is 0 Å². The van der Waals surface area contributed by atoms with E-state index in [1.54, 1.807) is 12.1 Å². The third-order valence-electron chi connectivity index (χ3n) is 3.62. The summed E-state index contributed by atoms with van der Waals surface area (Å²) in [6.45, 7) is 0. The van der Waals surface area contributed by atoms with Crippen LogP contribution in [0.2, 0.25) is 0 Å². The molecule has 1 aliphatic rings. The van der Waals surface area contributed by atoms with Gasteiger partial charge in [0, 0.05) is 16.9 Å². The Morgan fingerprint density at radius 2 is 1.76 bits per heavy atom. The zero-order valence-electron chi connectivity index (χ0n) is 10.9. The molecule has 6 nitrogen and oxygen atoms in total. The fourth-order valence-corrected chi connectivity index (χ4v) is 2.64. The molecule has 1 amide bonds. The van der Waals surface area contributed by atoms with Crippen LogP contribution in [0.4, 0.5) is 11.4 Å². The molecule has 21 heavy (non-hydrogen) atoms. The van der Waals surface area contributed by atoms with Crippen molar-refractivity contribution in [3.63, 3.8) is 0 Å². The summed E-state index contributed by atoms with van der Waals surface area (Å²) >= 11 is 0. The maximum Gasteiger partial charge on any atom is 0.323 e. The van der Waals surface area contributed by atoms with Crippen molar-refractivity contribution in [2.75, 3.05) is 10.6 Å². The third kappa shape index (κ3) is 1.88. The second-order valence-electron chi connectivity index (χ2n) is 4.99. The van der Waals surface area contributed by atoms with Gasteiger partial charge in [-0.15, -0.1) is 0 Å². The molecule has 0 saturated carbocycles. The van der Waals surface area contributed by atoms with E-state index in [0.29, 0.717) is 5.52 Å². The van der Waals surface area contributed by atoms with Crippen molar-refractivity contribution in [2.45, 2.75) is 6.04 Å². The highest BCUT2D eigenvalue weighted by Crippen LogP contribution is 2.33. The summed E-state index contributed by atoms with van der Waals surface area (Å²) in [4.78, 5) is 28.7. The Kier molecular flexibility index (Phi) is 2.38. The first kappa shape index (κ1) is 11.8. The normalized spacial score (nSPS) is 16.8. The number of fused-ring (bicyclic) bond motifs is 2. The van der Waals surface area contributed by atoms with Crippen molar-refractivity contribution >= 4 is 28.3 Å². The van der Waals surface area contributed by atoms with Crippen LogP contribution in [0.1, 0.15) is 11.6 Å². The Hall–Kier alpha value is -3.02. The summed E-state index contributed by atoms with van der Waals surface area (Å²) < 4.78 is 0. The fraction of sp³-hybridized carbons (Fsp3) is 0.0667. The second-order valence-corrected chi connectivity index (χ2v) is 4.99. The van der Waals surface area contributed by atoms with E-state index >= 15 is 0 Å². The van der Waals surface area contributed by atoms with Gasteiger partial charge in [0.1, 0.15) is 6.04 Å². The van der Waals surface area contributed by atoms with Crippen molar-refractivity contribution in [3.8, 4) is 0 Å². The Balaban J connectivity index is 1.71. The number of carbonyl (C=O) groups excluding carboxylic acids is 1. The molecule has 4 rings (SSSR count). The summed E-state index contributed by atoms with van der Waals surface area (Å²) in [6, 6.07) is 12.6. The van der Waals surface area contributed by atoms with Crippen LogP contribution in [0, 0.1) is 0 Å². The number of para-hydroxylation sites is 1. The van der Waals surface area contributed by atoms with E-state index in [0.717, 1.165) is 22.5 Å². The molecule has 1 aliphatic heterocycles. The van der Waals surface area contributed by atoms with Gasteiger partial charge in [0.15, 0.2) is 0 Å². The highest BCUT2D eigenvalue weighted by atomic mass is 16.2. The maximum absolute atomic E-state index is 12.1. The summed E-state index contributed by atoms with van der Waals surface area (Å²) in [5.74, 6) is -0.0844. The number of H-pyrrole nitrogens is 2. The molecule has 0 spiro atoms. The summed E-state index contributed by atoms with van der Waals surface area (Å²) in [5, 5.41) is 6.04. The number of carbonyl (C=O) groups is 1. The van der Waals surface area contributed by atoms with Crippen LogP contribution in [0.5, 0.6) is 0 Å². The van der Waals surface area contributed by atoms with Gasteiger partial charge < -0.3 is 20.6 Å². The van der Waals surface area contributed by atoms with Crippen LogP contribution in [-0.4, -0.2) is 15.9 Å². The second kappa shape index (κ2) is 4.24. The van der Waals surface area contributed by atoms with Crippen molar-refractivity contribution in [3.05, 3.63) is 58.5 Å². The third-order valence-corrected chi connectivity index (χ3v) is 3.62. The molecule has 0 aliphatic carbocycles. The first-order chi connectivity index (χ1) is 10.2. The molecule has 104 valence electrons. The molecule has 0 radical (unpaired) electrons. The van der Waals surface area contributed by atoms with Crippen LogP contribution in [0.3, 0.4) is 0 Å². The first-order valence-corrected chi connectivity index (χ1v) is 6.59. The number of aromatic nitrogens is 2. The van der Waals surface area contributed by atoms with Gasteiger partial charge in [0.25, 0.3) is 5.91 Å². The molecular formula is C15H12N4O2. The average molecular weight is 280 g/mol. The zero-order chi connectivity index (χ0) is 14.4. The van der Waals surface area contributed by atoms with Gasteiger partial charge in [-0.1, -0.05) is 18.2 Å². The molecule has 2 aromatic carbocycles. The van der Waals surface area contributed by atoms with Crippen LogP contribution < -0.4 is 16.3 Å². The van der Waals surface area contributed by atoms with Crippen LogP contribution in [-0.2, 0) is 4.79 Å². The summed E-state index contributed by atoms with van der Waals surface area (Å²) in [7, 11) is 0. The molecule has 3 aromatic rings. The lowest BCUT2D eigenvalue weighted by atomic mass is 10.1. The Bertz CT molecular complexity index is 909. The molecule has 4 N–H and O–H groups in total. The van der Waals surface area contributed by atoms with Gasteiger partial charge in [0.2, 0.25) is 0 Å². The Labute approximate surface area is 119 Å². The van der Waals surface area contributed by atoms with E-state index in [1.165, 1.54) is 0 Å². The standard InChI is InChI=1S/C15H12N4O2/c20-14-13(9-3-1-2-4-10(9)17-14)16-8-5-6-11-12(7-8)19-15(21)18-11/h1-7,13,16H,(H,17,20)(H2,18,19,21). The molecule has 0 bridgehead atoms. The minimum absolute atomic E-state index is 0.0844. The van der Waals surface area contributed by atoms with Crippen molar-refractivity contribution in [1.29, 1.82) is 0 Å². The number of amides is 1. The smallest absolute Gasteiger partial charge is 0.323 e. The summed E-state index contributed by atoms with van der Waals surface area (Å²) in [6.07, 6.45) is 0. The largest absolute Gasteiger partial charge is 0.370 e. The topological polar surface area (TPSA) is 89.8 Å². The highest BCUT2D eigenvalue weighted by molar-refractivity contribution is 6.04. The molecule has 1 aromatic heterocycles. The Morgan fingerprint density at radius 3 is 2.67 bits per heavy atom. The molecule has 6 heteroatoms. The van der Waals surface area contributed by atoms with Crippen molar-refractivity contribution in [2.24, 2.45) is 0 Å². The van der Waals surface area contributed by atoms with E-state index in [2.05, 4.69) is 20.6 Å². The monoisotopic (exact) mass is 280 g/mol. The maximum atomic E-state index is 12.1. The molecule has 1 atom stereocenters. The number of hydrogen-bond acceptors (Lipinski definition) is 3. The van der Waals surface area contributed by atoms with Crippen LogP contribution in [0.25, 0.3) is 11.0 Å². The number of nitrogens with one attached hydrogen (secondary N) is 4. The highest BCUT2D eigenvalue weighted by Gasteiger charge is 2.29. The molecule has 0 saturated heterocycles. The quantitative estimate of drug-likeness (QED) is 0.578. The predicted molar refractivity (Wildman–Crippen MR) is 80.4 cm³/mol. The lowest BCUT2D eigenvalue weighted by Crippen LogP contribution is -2.19. The van der Waals surface area contributed by atoms with E-state index in [-0.39, 0.29) is 11.6 Å². The summed E-state index contributed by atoms with van der Waals surface area (Å²) in [5.41, 5.74) is 3.72. The molecular weight excluding hydrogens is 268 g/mol. The number of hydrogen-bond donors (Lipinski definition) is 4. The number of aromatic amines is 2. The predicted octanol–water partition coefficient (Wildman–Crippen LogP) is 1.96. The van der Waals surface area contributed by atoms with E-state index in [4.69, 9.17) is 0 Å². The minimum Gasteiger partial charge on any atom is -0.370 e. The molecule has 1 unspecified atom stereocenters. The van der Waals surface area contributed by atoms with Gasteiger partial charge in [-0.05, 0) is 24.3 Å². The fourth-order valence-electron chi connectivity index (χ4n) is 2.64. The number of rotatable bonds is 2. The van der Waals surface area contributed by atoms with Gasteiger partial charge in [-0.3, -0.25) is 4.79 Å². The molecule has 2 heterocycles. The lowest BCUT2D eigenvalue weighted by Gasteiger charge is -2.12. The van der Waals surface area contributed by atoms with Gasteiger partial charge in [0.05, 0.1) is 11.0 Å². The first-order valence-electron chi connectivity index (χ1n) is 6.59. The van der Waals surface area contributed by atoms with Crippen molar-refractivity contribution < 1.29 is 4.79 Å². The zero-order valence-corrected chi connectivity index (χ0v) is 10.9. The van der Waals surface area contributed by atoms with Gasteiger partial charge >= 0.3 is 5.69 Å². The number of anilines is 2. The SMILES string of the molecule is O=C1Nc2ccccc2C1Nc1ccc2[nH]c(=O)[nH]c2c1. The number of benzene rings is 2. The minimum atomic E-state index is -0.427. The lowest BCUT2D eigenvalue weighted by molar-refractivity contribution is -0.116. The van der Waals surface area contributed by atoms with Crippen LogP contribution in [0.15, 0.2) is 47.3 Å². The average Bonchev–Trinajstić information content (AvgIpc) is 2.98. The number of imidazole rings is 1. The molecule has 0 fully saturated rings. The van der Waals surface area contributed by atoms with E-state index in [9.17, 15) is 9.59 Å². The Morgan fingerprint density at radius 1 is 0.952 bits per heavy atom. The van der Waals surface area contributed by atoms with E-state index < -0.39 is 6.04 Å². The van der Waals surface area contributed by atoms with Gasteiger partial charge in [-0.25, -0.2) is 4.79 Å². The van der Waals surface area contributed by atoms with Gasteiger partial charge in [-0.2, -0.15) is 0 Å².